The minimum atomic E-state index is -0.913. The van der Waals surface area contributed by atoms with E-state index in [0.717, 1.165) is 25.7 Å². The van der Waals surface area contributed by atoms with Crippen LogP contribution in [0.4, 0.5) is 0 Å². The molecule has 25 heavy (non-hydrogen) atoms. The summed E-state index contributed by atoms with van der Waals surface area (Å²) in [4.78, 5) is 20.0. The van der Waals surface area contributed by atoms with Crippen molar-refractivity contribution in [1.82, 2.24) is 0 Å². The van der Waals surface area contributed by atoms with Crippen LogP contribution in [0.3, 0.4) is 0 Å². The molecule has 0 aromatic rings. The summed E-state index contributed by atoms with van der Waals surface area (Å²) in [6.07, 6.45) is 16.7. The molecule has 0 atom stereocenters. The molecule has 4 nitrogen and oxygen atoms in total. The summed E-state index contributed by atoms with van der Waals surface area (Å²) in [5.74, 6) is -1.83. The summed E-state index contributed by atoms with van der Waals surface area (Å²) >= 11 is 0. The van der Waals surface area contributed by atoms with Gasteiger partial charge in [-0.3, -0.25) is 0 Å². The van der Waals surface area contributed by atoms with Gasteiger partial charge in [0.05, 0.1) is 0 Å². The molecular weight excluding hydrogens is 355 g/mol. The largest absolute Gasteiger partial charge is 2.00 e. The minimum Gasteiger partial charge on any atom is -0.550 e. The van der Waals surface area contributed by atoms with Crippen LogP contribution in [0.1, 0.15) is 117 Å². The van der Waals surface area contributed by atoms with Gasteiger partial charge in [0.2, 0.25) is 0 Å². The first-order valence-corrected chi connectivity index (χ1v) is 9.94. The Balaban J connectivity index is -0.000000372. The average molecular weight is 393 g/mol. The minimum absolute atomic E-state index is 0. The number of rotatable bonds is 16. The van der Waals surface area contributed by atoms with Gasteiger partial charge in [0.1, 0.15) is 0 Å². The second-order valence-corrected chi connectivity index (χ2v) is 6.49. The molecule has 0 amide bonds. The molecule has 0 aliphatic rings. The summed E-state index contributed by atoms with van der Waals surface area (Å²) in [7, 11) is 0. The SMILES string of the molecule is CCCCCCCCCC(=O)[O-].CCCCCCCCCC(=O)[O-].[V+2]. The third-order valence-corrected chi connectivity index (χ3v) is 3.97. The predicted molar refractivity (Wildman–Crippen MR) is 95.2 cm³/mol. The number of hydrogen-bond donors (Lipinski definition) is 0. The maximum Gasteiger partial charge on any atom is 2.00 e. The molecular formula is C20H38O4V. The topological polar surface area (TPSA) is 80.3 Å². The Hall–Kier alpha value is -0.476. The molecule has 147 valence electrons. The first-order valence-electron chi connectivity index (χ1n) is 9.94. The fourth-order valence-electron chi connectivity index (χ4n) is 2.45. The van der Waals surface area contributed by atoms with E-state index in [9.17, 15) is 19.8 Å². The smallest absolute Gasteiger partial charge is 0.550 e. The normalized spacial score (nSPS) is 9.68. The van der Waals surface area contributed by atoms with E-state index in [2.05, 4.69) is 13.8 Å². The maximum atomic E-state index is 10.0. The van der Waals surface area contributed by atoms with Gasteiger partial charge in [0.25, 0.3) is 0 Å². The summed E-state index contributed by atoms with van der Waals surface area (Å²) < 4.78 is 0. The molecule has 0 saturated carbocycles. The molecule has 0 heterocycles. The summed E-state index contributed by atoms with van der Waals surface area (Å²) in [5.41, 5.74) is 0. The van der Waals surface area contributed by atoms with Crippen LogP contribution in [0.5, 0.6) is 0 Å². The Morgan fingerprint density at radius 3 is 1.00 bits per heavy atom. The van der Waals surface area contributed by atoms with Crippen LogP contribution in [0, 0.1) is 0 Å². The first-order chi connectivity index (χ1) is 11.5. The second kappa shape index (κ2) is 25.8. The number of carbonyl (C=O) groups excluding carboxylic acids is 2. The fraction of sp³-hybridized carbons (Fsp3) is 0.900. The third-order valence-electron chi connectivity index (χ3n) is 3.97. The number of aliphatic carboxylic acids is 2. The molecule has 0 aromatic carbocycles. The van der Waals surface area contributed by atoms with Crippen LogP contribution in [0.2, 0.25) is 0 Å². The van der Waals surface area contributed by atoms with E-state index in [-0.39, 0.29) is 31.4 Å². The molecule has 0 rings (SSSR count). The van der Waals surface area contributed by atoms with E-state index < -0.39 is 11.9 Å². The molecule has 0 aliphatic carbocycles. The van der Waals surface area contributed by atoms with Gasteiger partial charge in [0, 0.05) is 11.9 Å². The number of hydrogen-bond acceptors (Lipinski definition) is 4. The van der Waals surface area contributed by atoms with Gasteiger partial charge >= 0.3 is 18.6 Å². The van der Waals surface area contributed by atoms with E-state index in [1.165, 1.54) is 64.2 Å². The number of carboxylic acids is 2. The number of carbonyl (C=O) groups is 2. The predicted octanol–water partition coefficient (Wildman–Crippen LogP) is 3.75. The molecule has 0 bridgehead atoms. The number of carboxylic acid groups (broad SMARTS) is 2. The standard InChI is InChI=1S/2C10H20O2.V/c2*1-2-3-4-5-6-7-8-9-10(11)12;/h2*2-9H2,1H3,(H,11,12);/q;;+2/p-2. The van der Waals surface area contributed by atoms with Crippen LogP contribution >= 0.6 is 0 Å². The molecule has 0 fully saturated rings. The van der Waals surface area contributed by atoms with Gasteiger partial charge in [-0.1, -0.05) is 90.9 Å². The van der Waals surface area contributed by atoms with E-state index >= 15 is 0 Å². The second-order valence-electron chi connectivity index (χ2n) is 6.49. The Bertz CT molecular complexity index is 255. The van der Waals surface area contributed by atoms with Crippen molar-refractivity contribution in [3.8, 4) is 0 Å². The van der Waals surface area contributed by atoms with Crippen molar-refractivity contribution in [2.75, 3.05) is 0 Å². The molecule has 0 saturated heterocycles. The Labute approximate surface area is 167 Å². The van der Waals surface area contributed by atoms with Gasteiger partial charge in [-0.15, -0.1) is 0 Å². The summed E-state index contributed by atoms with van der Waals surface area (Å²) in [6, 6.07) is 0. The molecule has 0 aliphatic heterocycles. The van der Waals surface area contributed by atoms with Crippen LogP contribution < -0.4 is 10.2 Å². The van der Waals surface area contributed by atoms with Gasteiger partial charge in [-0.2, -0.15) is 0 Å². The van der Waals surface area contributed by atoms with Gasteiger partial charge in [0.15, 0.2) is 0 Å². The zero-order valence-electron chi connectivity index (χ0n) is 16.4. The quantitative estimate of drug-likeness (QED) is 0.374. The molecule has 0 aromatic heterocycles. The summed E-state index contributed by atoms with van der Waals surface area (Å²) in [6.45, 7) is 4.38. The first kappa shape index (κ1) is 29.3. The Morgan fingerprint density at radius 2 is 0.760 bits per heavy atom. The van der Waals surface area contributed by atoms with E-state index in [0.29, 0.717) is 0 Å². The van der Waals surface area contributed by atoms with Crippen molar-refractivity contribution in [1.29, 1.82) is 0 Å². The molecule has 5 heteroatoms. The molecule has 0 spiro atoms. The Morgan fingerprint density at radius 1 is 0.520 bits per heavy atom. The van der Waals surface area contributed by atoms with Gasteiger partial charge < -0.3 is 19.8 Å². The Kier molecular flexibility index (Phi) is 30.2. The van der Waals surface area contributed by atoms with Crippen molar-refractivity contribution in [2.24, 2.45) is 0 Å². The van der Waals surface area contributed by atoms with Crippen LogP contribution in [0.25, 0.3) is 0 Å². The van der Waals surface area contributed by atoms with E-state index in [1.54, 1.807) is 0 Å². The van der Waals surface area contributed by atoms with Crippen LogP contribution in [-0.4, -0.2) is 11.9 Å². The molecule has 0 unspecified atom stereocenters. The van der Waals surface area contributed by atoms with E-state index in [4.69, 9.17) is 0 Å². The summed E-state index contributed by atoms with van der Waals surface area (Å²) in [5, 5.41) is 20.0. The van der Waals surface area contributed by atoms with E-state index in [1.807, 2.05) is 0 Å². The average Bonchev–Trinajstić information content (AvgIpc) is 2.53. The van der Waals surface area contributed by atoms with Crippen LogP contribution in [0.15, 0.2) is 0 Å². The van der Waals surface area contributed by atoms with Crippen molar-refractivity contribution >= 4 is 11.9 Å². The van der Waals surface area contributed by atoms with Crippen molar-refractivity contribution in [3.05, 3.63) is 0 Å². The number of unbranched alkanes of at least 4 members (excludes halogenated alkanes) is 12. The van der Waals surface area contributed by atoms with Crippen molar-refractivity contribution in [3.63, 3.8) is 0 Å². The van der Waals surface area contributed by atoms with Gasteiger partial charge in [-0.05, 0) is 25.7 Å². The zero-order chi connectivity index (χ0) is 18.5. The zero-order valence-corrected chi connectivity index (χ0v) is 17.8. The third kappa shape index (κ3) is 35.5. The van der Waals surface area contributed by atoms with Crippen molar-refractivity contribution in [2.45, 2.75) is 117 Å². The monoisotopic (exact) mass is 393 g/mol. The molecule has 1 radical (unpaired) electrons. The fourth-order valence-corrected chi connectivity index (χ4v) is 2.45. The molecule has 0 N–H and O–H groups in total. The van der Waals surface area contributed by atoms with Gasteiger partial charge in [-0.25, -0.2) is 0 Å². The van der Waals surface area contributed by atoms with Crippen molar-refractivity contribution < 1.29 is 38.4 Å². The van der Waals surface area contributed by atoms with Crippen LogP contribution in [-0.2, 0) is 28.1 Å². The maximum absolute atomic E-state index is 10.0.